The predicted octanol–water partition coefficient (Wildman–Crippen LogP) is 2.10. The normalized spacial score (nSPS) is 15.7. The average Bonchev–Trinajstić information content (AvgIpc) is 3.20. The van der Waals surface area contributed by atoms with Crippen LogP contribution in [0.3, 0.4) is 0 Å². The molecule has 0 radical (unpaired) electrons. The van der Waals surface area contributed by atoms with Crippen LogP contribution in [0.4, 0.5) is 0 Å². The van der Waals surface area contributed by atoms with E-state index in [1.54, 1.807) is 17.1 Å². The number of carbonyl (C=O) groups excluding carboxylic acids is 1. The number of nitrogens with zero attached hydrogens (tertiary/aromatic N) is 2. The molecule has 1 aliphatic carbocycles. The van der Waals surface area contributed by atoms with Crippen molar-refractivity contribution < 1.29 is 4.79 Å². The maximum Gasteiger partial charge on any atom is 0.254 e. The summed E-state index contributed by atoms with van der Waals surface area (Å²) < 4.78 is 2.66. The third-order valence-corrected chi connectivity index (χ3v) is 4.17. The fourth-order valence-corrected chi connectivity index (χ4v) is 2.71. The van der Waals surface area contributed by atoms with Crippen molar-refractivity contribution in [3.8, 4) is 5.69 Å². The number of nitrogens with two attached hydrogens (primary N) is 1. The Hall–Kier alpha value is -1.66. The van der Waals surface area contributed by atoms with E-state index >= 15 is 0 Å². The lowest BCUT2D eigenvalue weighted by Crippen LogP contribution is -2.41. The van der Waals surface area contributed by atoms with Gasteiger partial charge < -0.3 is 11.1 Å². The summed E-state index contributed by atoms with van der Waals surface area (Å²) in [6, 6.07) is 7.83. The van der Waals surface area contributed by atoms with Crippen LogP contribution >= 0.6 is 15.9 Å². The van der Waals surface area contributed by atoms with Crippen molar-refractivity contribution in [2.24, 2.45) is 11.7 Å². The van der Waals surface area contributed by atoms with Crippen molar-refractivity contribution in [1.29, 1.82) is 0 Å². The van der Waals surface area contributed by atoms with Crippen molar-refractivity contribution in [3.05, 3.63) is 46.7 Å². The van der Waals surface area contributed by atoms with Crippen LogP contribution in [0.2, 0.25) is 0 Å². The second-order valence-electron chi connectivity index (χ2n) is 5.31. The van der Waals surface area contributed by atoms with Gasteiger partial charge in [-0.05, 0) is 37.0 Å². The highest BCUT2D eigenvalue weighted by molar-refractivity contribution is 9.10. The van der Waals surface area contributed by atoms with Gasteiger partial charge in [0.15, 0.2) is 0 Å². The summed E-state index contributed by atoms with van der Waals surface area (Å²) in [5.41, 5.74) is 7.17. The number of aromatic nitrogens is 2. The summed E-state index contributed by atoms with van der Waals surface area (Å²) in [7, 11) is 0. The Bertz CT molecular complexity index is 651. The Morgan fingerprint density at radius 2 is 2.33 bits per heavy atom. The van der Waals surface area contributed by atoms with E-state index in [4.69, 9.17) is 5.73 Å². The molecule has 2 aromatic rings. The molecule has 1 aromatic heterocycles. The van der Waals surface area contributed by atoms with Gasteiger partial charge in [0.05, 0.1) is 17.4 Å². The van der Waals surface area contributed by atoms with E-state index in [2.05, 4.69) is 26.3 Å². The number of hydrogen-bond donors (Lipinski definition) is 2. The van der Waals surface area contributed by atoms with Crippen LogP contribution in [0.1, 0.15) is 23.2 Å². The third kappa shape index (κ3) is 3.33. The molecule has 0 spiro atoms. The Labute approximate surface area is 131 Å². The molecule has 1 atom stereocenters. The predicted molar refractivity (Wildman–Crippen MR) is 84.3 cm³/mol. The number of halogens is 1. The molecule has 0 aliphatic heterocycles. The summed E-state index contributed by atoms with van der Waals surface area (Å²) in [6.07, 6.45) is 5.62. The second-order valence-corrected chi connectivity index (χ2v) is 6.22. The Morgan fingerprint density at radius 1 is 1.52 bits per heavy atom. The van der Waals surface area contributed by atoms with Crippen molar-refractivity contribution in [3.63, 3.8) is 0 Å². The fourth-order valence-electron chi connectivity index (χ4n) is 2.32. The van der Waals surface area contributed by atoms with Gasteiger partial charge in [-0.15, -0.1) is 0 Å². The topological polar surface area (TPSA) is 72.9 Å². The SMILES string of the molecule is NCC(NC(=O)c1cnn(-c2cccc(Br)c2)c1)C1CC1. The first-order valence-electron chi connectivity index (χ1n) is 6.99. The molecule has 1 saturated carbocycles. The van der Waals surface area contributed by atoms with Crippen LogP contribution in [0.5, 0.6) is 0 Å². The van der Waals surface area contributed by atoms with Gasteiger partial charge in [-0.1, -0.05) is 22.0 Å². The molecule has 1 heterocycles. The number of carbonyl (C=O) groups is 1. The molecule has 1 fully saturated rings. The zero-order chi connectivity index (χ0) is 14.8. The lowest BCUT2D eigenvalue weighted by Gasteiger charge is -2.15. The Balaban J connectivity index is 1.73. The van der Waals surface area contributed by atoms with Crippen LogP contribution in [0.15, 0.2) is 41.1 Å². The van der Waals surface area contributed by atoms with Gasteiger partial charge in [-0.25, -0.2) is 4.68 Å². The molecule has 6 heteroatoms. The molecule has 1 unspecified atom stereocenters. The lowest BCUT2D eigenvalue weighted by atomic mass is 10.2. The maximum absolute atomic E-state index is 12.2. The van der Waals surface area contributed by atoms with E-state index in [-0.39, 0.29) is 11.9 Å². The third-order valence-electron chi connectivity index (χ3n) is 3.68. The van der Waals surface area contributed by atoms with Crippen molar-refractivity contribution in [1.82, 2.24) is 15.1 Å². The monoisotopic (exact) mass is 348 g/mol. The van der Waals surface area contributed by atoms with Gasteiger partial charge in [0.2, 0.25) is 0 Å². The van der Waals surface area contributed by atoms with E-state index < -0.39 is 0 Å². The lowest BCUT2D eigenvalue weighted by molar-refractivity contribution is 0.0933. The molecule has 110 valence electrons. The fraction of sp³-hybridized carbons (Fsp3) is 0.333. The summed E-state index contributed by atoms with van der Waals surface area (Å²) >= 11 is 3.43. The van der Waals surface area contributed by atoms with Crippen LogP contribution in [0, 0.1) is 5.92 Å². The average molecular weight is 349 g/mol. The quantitative estimate of drug-likeness (QED) is 0.868. The van der Waals surface area contributed by atoms with Gasteiger partial charge >= 0.3 is 0 Å². The Kier molecular flexibility index (Phi) is 4.07. The van der Waals surface area contributed by atoms with E-state index in [0.717, 1.165) is 23.0 Å². The van der Waals surface area contributed by atoms with Gasteiger partial charge in [0, 0.05) is 23.3 Å². The van der Waals surface area contributed by atoms with Crippen LogP contribution in [0.25, 0.3) is 5.69 Å². The highest BCUT2D eigenvalue weighted by Crippen LogP contribution is 2.32. The second kappa shape index (κ2) is 5.99. The maximum atomic E-state index is 12.2. The van der Waals surface area contributed by atoms with E-state index in [1.165, 1.54) is 0 Å². The highest BCUT2D eigenvalue weighted by atomic mass is 79.9. The molecule has 1 amide bonds. The van der Waals surface area contributed by atoms with E-state index in [0.29, 0.717) is 18.0 Å². The Morgan fingerprint density at radius 3 is 3.00 bits per heavy atom. The summed E-state index contributed by atoms with van der Waals surface area (Å²) in [4.78, 5) is 12.2. The minimum atomic E-state index is -0.112. The van der Waals surface area contributed by atoms with Crippen LogP contribution in [-0.2, 0) is 0 Å². The minimum Gasteiger partial charge on any atom is -0.348 e. The first kappa shape index (κ1) is 14.3. The number of nitrogens with one attached hydrogen (secondary N) is 1. The molecule has 1 aromatic carbocycles. The number of amides is 1. The molecule has 1 aliphatic rings. The van der Waals surface area contributed by atoms with Crippen LogP contribution < -0.4 is 11.1 Å². The molecular formula is C15H17BrN4O. The van der Waals surface area contributed by atoms with Gasteiger partial charge in [0.1, 0.15) is 0 Å². The highest BCUT2D eigenvalue weighted by Gasteiger charge is 2.31. The summed E-state index contributed by atoms with van der Waals surface area (Å²) in [5, 5.41) is 7.24. The summed E-state index contributed by atoms with van der Waals surface area (Å²) in [6.45, 7) is 0.482. The first-order valence-corrected chi connectivity index (χ1v) is 7.78. The minimum absolute atomic E-state index is 0.0757. The van der Waals surface area contributed by atoms with Gasteiger partial charge in [-0.3, -0.25) is 4.79 Å². The van der Waals surface area contributed by atoms with Gasteiger partial charge in [-0.2, -0.15) is 5.10 Å². The molecular weight excluding hydrogens is 332 g/mol. The molecule has 5 nitrogen and oxygen atoms in total. The van der Waals surface area contributed by atoms with E-state index in [1.807, 2.05) is 24.3 Å². The first-order chi connectivity index (χ1) is 10.2. The van der Waals surface area contributed by atoms with Crippen molar-refractivity contribution in [2.45, 2.75) is 18.9 Å². The molecule has 0 saturated heterocycles. The number of rotatable bonds is 5. The smallest absolute Gasteiger partial charge is 0.254 e. The van der Waals surface area contributed by atoms with Gasteiger partial charge in [0.25, 0.3) is 5.91 Å². The largest absolute Gasteiger partial charge is 0.348 e. The zero-order valence-corrected chi connectivity index (χ0v) is 13.1. The zero-order valence-electron chi connectivity index (χ0n) is 11.5. The standard InChI is InChI=1S/C15H17BrN4O/c16-12-2-1-3-13(6-12)20-9-11(8-18-20)15(21)19-14(7-17)10-4-5-10/h1-3,6,8-10,14H,4-5,7,17H2,(H,19,21). The number of benzene rings is 1. The summed E-state index contributed by atoms with van der Waals surface area (Å²) in [5.74, 6) is 0.428. The molecule has 21 heavy (non-hydrogen) atoms. The molecule has 0 bridgehead atoms. The van der Waals surface area contributed by atoms with Crippen molar-refractivity contribution >= 4 is 21.8 Å². The van der Waals surface area contributed by atoms with Crippen molar-refractivity contribution in [2.75, 3.05) is 6.54 Å². The van der Waals surface area contributed by atoms with E-state index in [9.17, 15) is 4.79 Å². The molecule has 3 N–H and O–H groups in total. The number of hydrogen-bond acceptors (Lipinski definition) is 3. The molecule has 3 rings (SSSR count). The van der Waals surface area contributed by atoms with Crippen LogP contribution in [-0.4, -0.2) is 28.3 Å².